The van der Waals surface area contributed by atoms with E-state index in [4.69, 9.17) is 14.5 Å². The predicted octanol–water partition coefficient (Wildman–Crippen LogP) is 3.33. The van der Waals surface area contributed by atoms with E-state index in [0.717, 1.165) is 37.9 Å². The minimum absolute atomic E-state index is 0. The molecule has 1 aromatic carbocycles. The van der Waals surface area contributed by atoms with E-state index in [9.17, 15) is 4.79 Å². The Balaban J connectivity index is 0.00000306. The summed E-state index contributed by atoms with van der Waals surface area (Å²) in [6, 6.07) is 8.87. The van der Waals surface area contributed by atoms with Crippen molar-refractivity contribution in [2.75, 3.05) is 52.9 Å². The number of nitrogens with one attached hydrogen (secondary N) is 1. The number of nitrogens with zero attached hydrogens (tertiary/aromatic N) is 4. The second-order valence-corrected chi connectivity index (χ2v) is 9.85. The number of benzene rings is 1. The number of hydrogen-bond acceptors (Lipinski definition) is 7. The van der Waals surface area contributed by atoms with Crippen molar-refractivity contribution in [3.05, 3.63) is 29.8 Å². The van der Waals surface area contributed by atoms with Gasteiger partial charge in [-0.3, -0.25) is 9.89 Å². The van der Waals surface area contributed by atoms with Gasteiger partial charge in [-0.25, -0.2) is 4.79 Å². The molecule has 1 amide bonds. The Bertz CT molecular complexity index is 838. The van der Waals surface area contributed by atoms with Gasteiger partial charge < -0.3 is 24.6 Å². The van der Waals surface area contributed by atoms with Gasteiger partial charge in [-0.2, -0.15) is 0 Å². The fourth-order valence-electron chi connectivity index (χ4n) is 4.77. The van der Waals surface area contributed by atoms with Crippen LogP contribution in [0.4, 0.5) is 4.79 Å². The van der Waals surface area contributed by atoms with Gasteiger partial charge in [0.2, 0.25) is 0 Å². The Kier molecular flexibility index (Phi) is 8.71. The predicted molar refractivity (Wildman–Crippen MR) is 141 cm³/mol. The van der Waals surface area contributed by atoms with Crippen molar-refractivity contribution in [3.63, 3.8) is 0 Å². The molecule has 8 nitrogen and oxygen atoms in total. The van der Waals surface area contributed by atoms with E-state index in [0.29, 0.717) is 19.6 Å². The fourth-order valence-corrected chi connectivity index (χ4v) is 4.77. The summed E-state index contributed by atoms with van der Waals surface area (Å²) in [4.78, 5) is 23.9. The number of piperazine rings is 1. The molecule has 0 aliphatic carbocycles. The zero-order valence-corrected chi connectivity index (χ0v) is 22.6. The molecule has 2 unspecified atom stereocenters. The van der Waals surface area contributed by atoms with Gasteiger partial charge >= 0.3 is 6.09 Å². The molecule has 3 aliphatic heterocycles. The zero-order chi connectivity index (χ0) is 22.7. The molecule has 3 heterocycles. The van der Waals surface area contributed by atoms with Crippen LogP contribution in [-0.4, -0.2) is 91.3 Å². The first-order valence-corrected chi connectivity index (χ1v) is 11.7. The van der Waals surface area contributed by atoms with Crippen molar-refractivity contribution in [2.24, 2.45) is 4.99 Å². The van der Waals surface area contributed by atoms with Crippen molar-refractivity contribution in [1.29, 1.82) is 0 Å². The summed E-state index contributed by atoms with van der Waals surface area (Å²) in [6.45, 7) is 11.5. The van der Waals surface area contributed by atoms with Crippen LogP contribution in [0.5, 0.6) is 5.75 Å². The Morgan fingerprint density at radius 1 is 1.21 bits per heavy atom. The Morgan fingerprint density at radius 3 is 2.67 bits per heavy atom. The van der Waals surface area contributed by atoms with Gasteiger partial charge in [0.05, 0.1) is 25.7 Å². The van der Waals surface area contributed by atoms with Crippen LogP contribution in [0.2, 0.25) is 0 Å². The van der Waals surface area contributed by atoms with Crippen LogP contribution in [0, 0.1) is 0 Å². The third kappa shape index (κ3) is 6.44. The van der Waals surface area contributed by atoms with Gasteiger partial charge in [0.15, 0.2) is 5.96 Å². The molecule has 9 heteroatoms. The smallest absolute Gasteiger partial charge is 0.410 e. The van der Waals surface area contributed by atoms with Crippen LogP contribution in [0.3, 0.4) is 0 Å². The summed E-state index contributed by atoms with van der Waals surface area (Å²) in [5.74, 6) is 1.84. The molecule has 1 N–H and O–H groups in total. The number of ether oxygens (including phenoxy) is 2. The van der Waals surface area contributed by atoms with Crippen LogP contribution in [0.15, 0.2) is 29.3 Å². The maximum Gasteiger partial charge on any atom is 0.410 e. The molecule has 3 aliphatic rings. The summed E-state index contributed by atoms with van der Waals surface area (Å²) < 4.78 is 11.0. The minimum atomic E-state index is -0.474. The first kappa shape index (κ1) is 25.9. The van der Waals surface area contributed by atoms with Gasteiger partial charge in [0, 0.05) is 26.2 Å². The van der Waals surface area contributed by atoms with E-state index < -0.39 is 5.60 Å². The Morgan fingerprint density at radius 2 is 1.97 bits per heavy atom. The van der Waals surface area contributed by atoms with Crippen molar-refractivity contribution in [2.45, 2.75) is 51.3 Å². The number of carbonyl (C=O) groups excluding carboxylic acids is 1. The summed E-state index contributed by atoms with van der Waals surface area (Å²) in [7, 11) is 1.71. The highest BCUT2D eigenvalue weighted by Gasteiger charge is 2.37. The lowest BCUT2D eigenvalue weighted by atomic mass is 10.0. The van der Waals surface area contributed by atoms with Gasteiger partial charge in [0.1, 0.15) is 11.4 Å². The molecule has 33 heavy (non-hydrogen) atoms. The molecule has 184 valence electrons. The lowest BCUT2D eigenvalue weighted by Crippen LogP contribution is -2.58. The first-order chi connectivity index (χ1) is 15.3. The monoisotopic (exact) mass is 571 g/mol. The number of carbonyl (C=O) groups is 1. The molecular weight excluding hydrogens is 533 g/mol. The highest BCUT2D eigenvalue weighted by molar-refractivity contribution is 14.0. The quantitative estimate of drug-likeness (QED) is 0.548. The molecule has 0 radical (unpaired) electrons. The highest BCUT2D eigenvalue weighted by Crippen LogP contribution is 2.27. The standard InChI is InChI=1S/C24H37N5O3.HI/c1-24(2,3)32-23(30)28-12-13-29-19(17-28)15-25-22(29)26-16-21(27-10-5-6-11-27)18-8-7-9-20(14-18)31-4;/h7-9,14,19,21H,5-6,10-13,15-17H2,1-4H3,(H,25,26);1H. The summed E-state index contributed by atoms with van der Waals surface area (Å²) >= 11 is 0. The third-order valence-corrected chi connectivity index (χ3v) is 6.37. The van der Waals surface area contributed by atoms with Crippen molar-refractivity contribution < 1.29 is 14.3 Å². The van der Waals surface area contributed by atoms with E-state index in [1.165, 1.54) is 18.4 Å². The average Bonchev–Trinajstić information content (AvgIpc) is 3.43. The van der Waals surface area contributed by atoms with E-state index in [2.05, 4.69) is 33.3 Å². The molecule has 1 aromatic rings. The number of rotatable bonds is 5. The lowest BCUT2D eigenvalue weighted by molar-refractivity contribution is 0.0137. The topological polar surface area (TPSA) is 69.6 Å². The number of methoxy groups -OCH3 is 1. The Labute approximate surface area is 214 Å². The maximum atomic E-state index is 12.5. The van der Waals surface area contributed by atoms with Crippen LogP contribution >= 0.6 is 24.0 Å². The summed E-state index contributed by atoms with van der Waals surface area (Å²) in [6.07, 6.45) is 2.26. The second-order valence-electron chi connectivity index (χ2n) is 9.85. The number of hydrogen-bond donors (Lipinski definition) is 1. The molecule has 0 spiro atoms. The largest absolute Gasteiger partial charge is 0.497 e. The summed E-state index contributed by atoms with van der Waals surface area (Å²) in [5, 5.41) is 3.63. The van der Waals surface area contributed by atoms with Crippen molar-refractivity contribution in [3.8, 4) is 5.75 Å². The molecule has 2 fully saturated rings. The highest BCUT2D eigenvalue weighted by atomic mass is 127. The van der Waals surface area contributed by atoms with Crippen LogP contribution < -0.4 is 10.1 Å². The van der Waals surface area contributed by atoms with Crippen LogP contribution in [0.25, 0.3) is 0 Å². The minimum Gasteiger partial charge on any atom is -0.497 e. The normalized spacial score (nSPS) is 21.7. The van der Waals surface area contributed by atoms with Crippen molar-refractivity contribution >= 4 is 36.0 Å². The number of fused-ring (bicyclic) bond motifs is 1. The molecule has 0 bridgehead atoms. The van der Waals surface area contributed by atoms with E-state index in [1.54, 1.807) is 7.11 Å². The van der Waals surface area contributed by atoms with Crippen LogP contribution in [0.1, 0.15) is 45.2 Å². The SMILES string of the molecule is COc1cccc(C(CNC2=NCC3CN(C(=O)OC(C)(C)C)CCN23)N2CCCC2)c1.I. The first-order valence-electron chi connectivity index (χ1n) is 11.7. The van der Waals surface area contributed by atoms with Gasteiger partial charge in [-0.05, 0) is 64.4 Å². The molecule has 0 saturated carbocycles. The fraction of sp³-hybridized carbons (Fsp3) is 0.667. The molecule has 2 atom stereocenters. The molecular formula is C24H38IN5O3. The molecule has 2 saturated heterocycles. The second kappa shape index (κ2) is 11.1. The number of halogens is 1. The van der Waals surface area contributed by atoms with Gasteiger partial charge in [0.25, 0.3) is 0 Å². The zero-order valence-electron chi connectivity index (χ0n) is 20.2. The van der Waals surface area contributed by atoms with Crippen LogP contribution in [-0.2, 0) is 4.74 Å². The van der Waals surface area contributed by atoms with Crippen molar-refractivity contribution in [1.82, 2.24) is 20.0 Å². The number of guanidine groups is 1. The average molecular weight is 572 g/mol. The number of aliphatic imine (C=N–C) groups is 1. The summed E-state index contributed by atoms with van der Waals surface area (Å²) in [5.41, 5.74) is 0.793. The number of amides is 1. The van der Waals surface area contributed by atoms with E-state index in [-0.39, 0.29) is 42.2 Å². The molecule has 4 rings (SSSR count). The molecule has 0 aromatic heterocycles. The van der Waals surface area contributed by atoms with E-state index in [1.807, 2.05) is 31.7 Å². The maximum absolute atomic E-state index is 12.5. The Hall–Kier alpha value is -1.75. The van der Waals surface area contributed by atoms with Gasteiger partial charge in [-0.1, -0.05) is 12.1 Å². The number of likely N-dealkylation sites (tertiary alicyclic amines) is 1. The van der Waals surface area contributed by atoms with E-state index >= 15 is 0 Å². The third-order valence-electron chi connectivity index (χ3n) is 6.37. The van der Waals surface area contributed by atoms with Gasteiger partial charge in [-0.15, -0.1) is 24.0 Å². The lowest BCUT2D eigenvalue weighted by Gasteiger charge is -2.39.